The molecule has 0 saturated carbocycles. The Labute approximate surface area is 226 Å². The number of rotatable bonds is 9. The lowest BCUT2D eigenvalue weighted by molar-refractivity contribution is -0.384. The predicted octanol–water partition coefficient (Wildman–Crippen LogP) is 4.66. The van der Waals surface area contributed by atoms with E-state index in [1.807, 2.05) is 51.1 Å². The minimum atomic E-state index is -4.31. The first-order chi connectivity index (χ1) is 18.6. The molecule has 0 unspecified atom stereocenters. The third-order valence-electron chi connectivity index (χ3n) is 6.12. The number of para-hydroxylation sites is 2. The summed E-state index contributed by atoms with van der Waals surface area (Å²) in [5.74, 6) is -0.767. The van der Waals surface area contributed by atoms with Crippen LogP contribution in [0.25, 0.3) is 5.69 Å². The van der Waals surface area contributed by atoms with Crippen LogP contribution >= 0.6 is 0 Å². The number of amides is 1. The normalized spacial score (nSPS) is 11.5. The number of nitrogens with zero attached hydrogens (tertiary/aromatic N) is 4. The molecule has 1 aromatic heterocycles. The Balaban J connectivity index is 1.59. The molecule has 39 heavy (non-hydrogen) atoms. The number of hydrogen-bond acceptors (Lipinski definition) is 6. The van der Waals surface area contributed by atoms with Crippen molar-refractivity contribution in [3.8, 4) is 5.69 Å². The summed E-state index contributed by atoms with van der Waals surface area (Å²) in [6.07, 6.45) is 1.48. The van der Waals surface area contributed by atoms with E-state index in [4.69, 9.17) is 0 Å². The molecule has 4 aromatic rings. The molecule has 1 heterocycles. The molecule has 0 fully saturated rings. The standard InChI is InChI=1S/C28H27N5O5S/c1-20-13-15-24(16-14-20)32-21(2)17-23(22(32)3)18-29-30-28(34)19-31(26-11-7-8-12-27(26)33(35)36)39(37,38)25-9-5-4-6-10-25/h4-18H,19H2,1-3H3,(H,30,34)/b29-18+. The quantitative estimate of drug-likeness (QED) is 0.186. The molecule has 10 nitrogen and oxygen atoms in total. The predicted molar refractivity (Wildman–Crippen MR) is 150 cm³/mol. The minimum absolute atomic E-state index is 0.108. The second kappa shape index (κ2) is 11.3. The molecule has 0 aliphatic heterocycles. The first kappa shape index (κ1) is 27.3. The topological polar surface area (TPSA) is 127 Å². The highest BCUT2D eigenvalue weighted by molar-refractivity contribution is 7.92. The maximum absolute atomic E-state index is 13.5. The Morgan fingerprint density at radius 2 is 1.64 bits per heavy atom. The summed E-state index contributed by atoms with van der Waals surface area (Å²) in [4.78, 5) is 23.7. The highest BCUT2D eigenvalue weighted by Crippen LogP contribution is 2.32. The molecular formula is C28H27N5O5S. The molecule has 0 aliphatic rings. The Hall–Kier alpha value is -4.77. The van der Waals surface area contributed by atoms with Crippen molar-refractivity contribution in [1.29, 1.82) is 0 Å². The molecule has 3 aromatic carbocycles. The molecule has 0 atom stereocenters. The summed E-state index contributed by atoms with van der Waals surface area (Å²) in [5.41, 5.74) is 6.46. The number of nitro benzene ring substituents is 1. The Kier molecular flexibility index (Phi) is 7.91. The van der Waals surface area contributed by atoms with Crippen LogP contribution in [0, 0.1) is 30.9 Å². The Bertz CT molecular complexity index is 1650. The van der Waals surface area contributed by atoms with Gasteiger partial charge in [-0.3, -0.25) is 14.9 Å². The number of hydrazone groups is 1. The summed E-state index contributed by atoms with van der Waals surface area (Å²) < 4.78 is 29.7. The van der Waals surface area contributed by atoms with Gasteiger partial charge in [0.25, 0.3) is 21.6 Å². The van der Waals surface area contributed by atoms with E-state index < -0.39 is 33.1 Å². The zero-order valence-corrected chi connectivity index (χ0v) is 22.4. The van der Waals surface area contributed by atoms with Gasteiger partial charge in [0, 0.05) is 28.7 Å². The zero-order valence-electron chi connectivity index (χ0n) is 21.6. The number of carbonyl (C=O) groups excluding carboxylic acids is 1. The van der Waals surface area contributed by atoms with Crippen molar-refractivity contribution in [2.45, 2.75) is 25.7 Å². The lowest BCUT2D eigenvalue weighted by atomic mass is 10.2. The maximum Gasteiger partial charge on any atom is 0.293 e. The number of carbonyl (C=O) groups is 1. The summed E-state index contributed by atoms with van der Waals surface area (Å²) in [7, 11) is -4.31. The second-order valence-electron chi connectivity index (χ2n) is 8.86. The zero-order chi connectivity index (χ0) is 28.2. The first-order valence-electron chi connectivity index (χ1n) is 12.0. The highest BCUT2D eigenvalue weighted by atomic mass is 32.2. The summed E-state index contributed by atoms with van der Waals surface area (Å²) in [6, 6.07) is 22.8. The fraction of sp³-hybridized carbons (Fsp3) is 0.143. The Morgan fingerprint density at radius 1 is 1.00 bits per heavy atom. The molecule has 11 heteroatoms. The van der Waals surface area contributed by atoms with Gasteiger partial charge in [0.05, 0.1) is 16.0 Å². The summed E-state index contributed by atoms with van der Waals surface area (Å²) >= 11 is 0. The van der Waals surface area contributed by atoms with E-state index in [9.17, 15) is 23.3 Å². The molecule has 1 amide bonds. The smallest absolute Gasteiger partial charge is 0.293 e. The fourth-order valence-electron chi connectivity index (χ4n) is 4.20. The van der Waals surface area contributed by atoms with Gasteiger partial charge in [0.2, 0.25) is 0 Å². The average Bonchev–Trinajstić information content (AvgIpc) is 3.20. The van der Waals surface area contributed by atoms with Crippen LogP contribution in [-0.2, 0) is 14.8 Å². The first-order valence-corrected chi connectivity index (χ1v) is 13.4. The van der Waals surface area contributed by atoms with Gasteiger partial charge < -0.3 is 4.57 Å². The monoisotopic (exact) mass is 545 g/mol. The van der Waals surface area contributed by atoms with Crippen molar-refractivity contribution in [3.05, 3.63) is 118 Å². The largest absolute Gasteiger partial charge is 0.318 e. The number of nitro groups is 1. The number of sulfonamides is 1. The van der Waals surface area contributed by atoms with Gasteiger partial charge in [-0.2, -0.15) is 5.10 Å². The van der Waals surface area contributed by atoms with Gasteiger partial charge in [0.15, 0.2) is 0 Å². The van der Waals surface area contributed by atoms with Crippen LogP contribution in [0.1, 0.15) is 22.5 Å². The molecule has 200 valence electrons. The number of aryl methyl sites for hydroxylation is 2. The lowest BCUT2D eigenvalue weighted by Gasteiger charge is -2.23. The van der Waals surface area contributed by atoms with E-state index in [0.717, 1.165) is 28.2 Å². The average molecular weight is 546 g/mol. The lowest BCUT2D eigenvalue weighted by Crippen LogP contribution is -2.39. The van der Waals surface area contributed by atoms with E-state index in [-0.39, 0.29) is 10.6 Å². The molecule has 0 radical (unpaired) electrons. The molecule has 1 N–H and O–H groups in total. The molecule has 0 saturated heterocycles. The Morgan fingerprint density at radius 3 is 2.31 bits per heavy atom. The van der Waals surface area contributed by atoms with E-state index in [2.05, 4.69) is 15.1 Å². The van der Waals surface area contributed by atoms with Crippen molar-refractivity contribution in [2.24, 2.45) is 5.10 Å². The maximum atomic E-state index is 13.5. The van der Waals surface area contributed by atoms with Crippen LogP contribution in [0.15, 0.2) is 94.9 Å². The number of hydrogen-bond donors (Lipinski definition) is 1. The SMILES string of the molecule is Cc1ccc(-n2c(C)cc(/C=N/NC(=O)CN(c3ccccc3[N+](=O)[O-])S(=O)(=O)c3ccccc3)c2C)cc1. The third kappa shape index (κ3) is 5.88. The fourth-order valence-corrected chi connectivity index (χ4v) is 5.65. The summed E-state index contributed by atoms with van der Waals surface area (Å²) in [6.45, 7) is 5.19. The van der Waals surface area contributed by atoms with Gasteiger partial charge in [-0.25, -0.2) is 18.1 Å². The molecular weight excluding hydrogens is 518 g/mol. The number of benzene rings is 3. The third-order valence-corrected chi connectivity index (χ3v) is 7.89. The number of nitrogens with one attached hydrogen (secondary N) is 1. The van der Waals surface area contributed by atoms with Crippen LogP contribution < -0.4 is 9.73 Å². The van der Waals surface area contributed by atoms with Crippen molar-refractivity contribution >= 4 is 33.5 Å². The van der Waals surface area contributed by atoms with Gasteiger partial charge in [-0.15, -0.1) is 0 Å². The van der Waals surface area contributed by atoms with Gasteiger partial charge in [-0.05, 0) is 57.2 Å². The van der Waals surface area contributed by atoms with E-state index >= 15 is 0 Å². The molecule has 0 aliphatic carbocycles. The van der Waals surface area contributed by atoms with Crippen LogP contribution in [0.5, 0.6) is 0 Å². The van der Waals surface area contributed by atoms with Crippen molar-refractivity contribution < 1.29 is 18.1 Å². The van der Waals surface area contributed by atoms with Crippen LogP contribution in [0.4, 0.5) is 11.4 Å². The highest BCUT2D eigenvalue weighted by Gasteiger charge is 2.31. The van der Waals surface area contributed by atoms with Crippen LogP contribution in [0.2, 0.25) is 0 Å². The van der Waals surface area contributed by atoms with E-state index in [1.165, 1.54) is 54.7 Å². The van der Waals surface area contributed by atoms with E-state index in [0.29, 0.717) is 4.31 Å². The molecule has 4 rings (SSSR count). The van der Waals surface area contributed by atoms with Gasteiger partial charge >= 0.3 is 0 Å². The number of anilines is 1. The van der Waals surface area contributed by atoms with E-state index in [1.54, 1.807) is 6.07 Å². The van der Waals surface area contributed by atoms with Crippen molar-refractivity contribution in [3.63, 3.8) is 0 Å². The van der Waals surface area contributed by atoms with Gasteiger partial charge in [-0.1, -0.05) is 48.0 Å². The molecule has 0 bridgehead atoms. The summed E-state index contributed by atoms with van der Waals surface area (Å²) in [5, 5.41) is 15.7. The van der Waals surface area contributed by atoms with Gasteiger partial charge in [0.1, 0.15) is 12.2 Å². The molecule has 0 spiro atoms. The number of aromatic nitrogens is 1. The van der Waals surface area contributed by atoms with Crippen LogP contribution in [0.3, 0.4) is 0 Å². The van der Waals surface area contributed by atoms with Crippen LogP contribution in [-0.4, -0.2) is 36.6 Å². The van der Waals surface area contributed by atoms with Crippen molar-refractivity contribution in [2.75, 3.05) is 10.8 Å². The van der Waals surface area contributed by atoms with Crippen molar-refractivity contribution in [1.82, 2.24) is 9.99 Å². The minimum Gasteiger partial charge on any atom is -0.318 e. The second-order valence-corrected chi connectivity index (χ2v) is 10.7.